The van der Waals surface area contributed by atoms with Crippen LogP contribution in [0.3, 0.4) is 0 Å². The van der Waals surface area contributed by atoms with Crippen molar-refractivity contribution in [2.45, 2.75) is 53.0 Å². The van der Waals surface area contributed by atoms with Gasteiger partial charge in [-0.2, -0.15) is 0 Å². The van der Waals surface area contributed by atoms with E-state index in [4.69, 9.17) is 5.84 Å². The fourth-order valence-electron chi connectivity index (χ4n) is 2.60. The van der Waals surface area contributed by atoms with Gasteiger partial charge < -0.3 is 0 Å². The summed E-state index contributed by atoms with van der Waals surface area (Å²) < 4.78 is 0. The van der Waals surface area contributed by atoms with Crippen molar-refractivity contribution in [1.82, 2.24) is 10.4 Å². The quantitative estimate of drug-likeness (QED) is 0.602. The molecule has 2 unspecified atom stereocenters. The zero-order chi connectivity index (χ0) is 13.6. The molecule has 0 aliphatic carbocycles. The largest absolute Gasteiger partial charge is 0.271 e. The van der Waals surface area contributed by atoms with E-state index in [1.54, 1.807) is 0 Å². The molecule has 0 fully saturated rings. The molecule has 0 bridgehead atoms. The van der Waals surface area contributed by atoms with Crippen molar-refractivity contribution >= 4 is 0 Å². The van der Waals surface area contributed by atoms with Gasteiger partial charge >= 0.3 is 0 Å². The van der Waals surface area contributed by atoms with Crippen LogP contribution in [0, 0.1) is 11.3 Å². The Morgan fingerprint density at radius 3 is 2.56 bits per heavy atom. The van der Waals surface area contributed by atoms with Gasteiger partial charge in [-0.3, -0.25) is 16.3 Å². The summed E-state index contributed by atoms with van der Waals surface area (Å²) in [5.41, 5.74) is 4.41. The van der Waals surface area contributed by atoms with Gasteiger partial charge in [-0.15, -0.1) is 0 Å². The number of rotatable bonds is 6. The van der Waals surface area contributed by atoms with Crippen molar-refractivity contribution in [2.24, 2.45) is 17.2 Å². The number of nitrogens with two attached hydrogens (primary N) is 1. The van der Waals surface area contributed by atoms with E-state index in [0.29, 0.717) is 17.4 Å². The van der Waals surface area contributed by atoms with Gasteiger partial charge in [0.05, 0.1) is 0 Å². The van der Waals surface area contributed by atoms with Crippen molar-refractivity contribution in [3.8, 4) is 0 Å². The number of pyridine rings is 1. The fraction of sp³-hybridized carbons (Fsp3) is 0.667. The maximum Gasteiger partial charge on any atom is 0.0419 e. The van der Waals surface area contributed by atoms with Crippen LogP contribution < -0.4 is 11.3 Å². The van der Waals surface area contributed by atoms with Gasteiger partial charge in [-0.05, 0) is 36.3 Å². The minimum Gasteiger partial charge on any atom is -0.271 e. The lowest BCUT2D eigenvalue weighted by molar-refractivity contribution is 0.274. The second-order valence-electron chi connectivity index (χ2n) is 6.49. The molecule has 102 valence electrons. The molecule has 2 atom stereocenters. The second kappa shape index (κ2) is 6.86. The van der Waals surface area contributed by atoms with Gasteiger partial charge in [-0.1, -0.05) is 33.8 Å². The molecule has 0 saturated heterocycles. The lowest BCUT2D eigenvalue weighted by Crippen LogP contribution is -2.38. The van der Waals surface area contributed by atoms with Crippen molar-refractivity contribution in [1.29, 1.82) is 0 Å². The summed E-state index contributed by atoms with van der Waals surface area (Å²) in [6.45, 7) is 9.15. The van der Waals surface area contributed by atoms with Crippen molar-refractivity contribution in [3.05, 3.63) is 30.1 Å². The summed E-state index contributed by atoms with van der Waals surface area (Å²) >= 11 is 0. The fourth-order valence-corrected chi connectivity index (χ4v) is 2.60. The molecule has 0 amide bonds. The van der Waals surface area contributed by atoms with Crippen LogP contribution in [0.4, 0.5) is 0 Å². The maximum atomic E-state index is 5.65. The van der Waals surface area contributed by atoms with Crippen molar-refractivity contribution in [3.63, 3.8) is 0 Å². The average Bonchev–Trinajstić information content (AvgIpc) is 2.27. The normalized spacial score (nSPS) is 15.4. The number of nitrogens with zero attached hydrogens (tertiary/aromatic N) is 1. The molecule has 0 aliphatic heterocycles. The van der Waals surface area contributed by atoms with E-state index in [-0.39, 0.29) is 0 Å². The minimum absolute atomic E-state index is 0.303. The summed E-state index contributed by atoms with van der Waals surface area (Å²) in [5.74, 6) is 6.32. The Hall–Kier alpha value is -0.930. The Morgan fingerprint density at radius 2 is 2.06 bits per heavy atom. The summed E-state index contributed by atoms with van der Waals surface area (Å²) in [6, 6.07) is 6.32. The van der Waals surface area contributed by atoms with Crippen LogP contribution in [0.15, 0.2) is 24.4 Å². The lowest BCUT2D eigenvalue weighted by atomic mass is 9.82. The molecule has 1 heterocycles. The molecule has 1 aromatic heterocycles. The Bertz CT molecular complexity index is 329. The van der Waals surface area contributed by atoms with Crippen LogP contribution in [0.1, 0.15) is 46.2 Å². The number of hydrazine groups is 1. The Morgan fingerprint density at radius 1 is 1.33 bits per heavy atom. The molecular weight excluding hydrogens is 222 g/mol. The van der Waals surface area contributed by atoms with Crippen LogP contribution in [0.5, 0.6) is 0 Å². The van der Waals surface area contributed by atoms with E-state index in [2.05, 4.69) is 44.2 Å². The Labute approximate surface area is 111 Å². The minimum atomic E-state index is 0.303. The van der Waals surface area contributed by atoms with Gasteiger partial charge in [0.1, 0.15) is 0 Å². The topological polar surface area (TPSA) is 50.9 Å². The monoisotopic (exact) mass is 249 g/mol. The molecular formula is C15H27N3. The van der Waals surface area contributed by atoms with Crippen LogP contribution in [0.2, 0.25) is 0 Å². The van der Waals surface area contributed by atoms with Gasteiger partial charge in [0.15, 0.2) is 0 Å². The number of aromatic nitrogens is 1. The van der Waals surface area contributed by atoms with E-state index < -0.39 is 0 Å². The Balaban J connectivity index is 2.47. The predicted molar refractivity (Wildman–Crippen MR) is 76.9 cm³/mol. The molecule has 1 rings (SSSR count). The van der Waals surface area contributed by atoms with E-state index in [1.807, 2.05) is 18.3 Å². The molecule has 0 aromatic carbocycles. The number of hydrogen-bond donors (Lipinski definition) is 2. The second-order valence-corrected chi connectivity index (χ2v) is 6.49. The zero-order valence-corrected chi connectivity index (χ0v) is 12.1. The van der Waals surface area contributed by atoms with Crippen molar-refractivity contribution in [2.75, 3.05) is 0 Å². The van der Waals surface area contributed by atoms with Crippen molar-refractivity contribution < 1.29 is 0 Å². The first kappa shape index (κ1) is 15.1. The SMILES string of the molecule is CC(CC(Cc1ccccn1)NN)CC(C)(C)C. The first-order chi connectivity index (χ1) is 8.40. The smallest absolute Gasteiger partial charge is 0.0419 e. The van der Waals surface area contributed by atoms with Crippen LogP contribution >= 0.6 is 0 Å². The molecule has 1 aromatic rings. The van der Waals surface area contributed by atoms with E-state index >= 15 is 0 Å². The van der Waals surface area contributed by atoms with Crippen LogP contribution in [-0.4, -0.2) is 11.0 Å². The van der Waals surface area contributed by atoms with Crippen LogP contribution in [0.25, 0.3) is 0 Å². The van der Waals surface area contributed by atoms with Gasteiger partial charge in [0, 0.05) is 24.4 Å². The summed E-state index contributed by atoms with van der Waals surface area (Å²) in [6.07, 6.45) is 5.03. The summed E-state index contributed by atoms with van der Waals surface area (Å²) in [4.78, 5) is 4.35. The molecule has 0 spiro atoms. The molecule has 3 N–H and O–H groups in total. The predicted octanol–water partition coefficient (Wildman–Crippen LogP) is 2.92. The first-order valence-corrected chi connectivity index (χ1v) is 6.77. The van der Waals surface area contributed by atoms with Crippen LogP contribution in [-0.2, 0) is 6.42 Å². The molecule has 0 aliphatic rings. The van der Waals surface area contributed by atoms with E-state index in [9.17, 15) is 0 Å². The highest BCUT2D eigenvalue weighted by atomic mass is 15.2. The highest BCUT2D eigenvalue weighted by Gasteiger charge is 2.19. The molecule has 0 saturated carbocycles. The molecule has 18 heavy (non-hydrogen) atoms. The Kier molecular flexibility index (Phi) is 5.76. The summed E-state index contributed by atoms with van der Waals surface area (Å²) in [7, 11) is 0. The molecule has 3 heteroatoms. The summed E-state index contributed by atoms with van der Waals surface area (Å²) in [5, 5.41) is 0. The zero-order valence-electron chi connectivity index (χ0n) is 12.1. The standard InChI is InChI=1S/C15H27N3/c1-12(11-15(2,3)4)9-14(18-16)10-13-7-5-6-8-17-13/h5-8,12,14,18H,9-11,16H2,1-4H3. The lowest BCUT2D eigenvalue weighted by Gasteiger charge is -2.26. The third-order valence-electron chi connectivity index (χ3n) is 3.07. The number of hydrogen-bond acceptors (Lipinski definition) is 3. The van der Waals surface area contributed by atoms with Gasteiger partial charge in [0.2, 0.25) is 0 Å². The van der Waals surface area contributed by atoms with Gasteiger partial charge in [-0.25, -0.2) is 0 Å². The third kappa shape index (κ3) is 6.12. The first-order valence-electron chi connectivity index (χ1n) is 6.77. The highest BCUT2D eigenvalue weighted by molar-refractivity contribution is 5.05. The maximum absolute atomic E-state index is 5.65. The highest BCUT2D eigenvalue weighted by Crippen LogP contribution is 2.27. The van der Waals surface area contributed by atoms with E-state index in [1.165, 1.54) is 6.42 Å². The number of nitrogens with one attached hydrogen (secondary N) is 1. The van der Waals surface area contributed by atoms with Gasteiger partial charge in [0.25, 0.3) is 0 Å². The third-order valence-corrected chi connectivity index (χ3v) is 3.07. The van der Waals surface area contributed by atoms with E-state index in [0.717, 1.165) is 18.5 Å². The molecule has 0 radical (unpaired) electrons. The average molecular weight is 249 g/mol. The molecule has 3 nitrogen and oxygen atoms in total.